The first-order valence-electron chi connectivity index (χ1n) is 8.37. The van der Waals surface area contributed by atoms with Gasteiger partial charge < -0.3 is 15.5 Å². The Balaban J connectivity index is 1.95. The van der Waals surface area contributed by atoms with E-state index in [-0.39, 0.29) is 5.91 Å². The number of hydrogen-bond acceptors (Lipinski definition) is 6. The summed E-state index contributed by atoms with van der Waals surface area (Å²) in [5.41, 5.74) is 6.98. The van der Waals surface area contributed by atoms with E-state index in [4.69, 9.17) is 39.5 Å². The molecule has 0 bridgehead atoms. The third kappa shape index (κ3) is 6.34. The van der Waals surface area contributed by atoms with Crippen molar-refractivity contribution in [3.63, 3.8) is 0 Å². The summed E-state index contributed by atoms with van der Waals surface area (Å²) in [6, 6.07) is 5.29. The van der Waals surface area contributed by atoms with Crippen molar-refractivity contribution in [2.75, 3.05) is 39.4 Å². The number of ether oxygens (including phenoxy) is 1. The lowest BCUT2D eigenvalue weighted by atomic mass is 10.2. The summed E-state index contributed by atoms with van der Waals surface area (Å²) >= 11 is 11.9. The van der Waals surface area contributed by atoms with E-state index in [1.165, 1.54) is 16.8 Å². The van der Waals surface area contributed by atoms with Gasteiger partial charge in [-0.3, -0.25) is 14.6 Å². The molecule has 9 heteroatoms. The minimum Gasteiger partial charge on any atom is -0.384 e. The smallest absolute Gasteiger partial charge is 0.225 e. The second-order valence-electron chi connectivity index (χ2n) is 6.10. The normalized spacial score (nSPS) is 15.8. The number of morpholine rings is 1. The van der Waals surface area contributed by atoms with Crippen LogP contribution in [-0.2, 0) is 16.1 Å². The number of benzene rings is 1. The monoisotopic (exact) mass is 401 g/mol. The van der Waals surface area contributed by atoms with E-state index in [1.807, 2.05) is 6.07 Å². The number of amides is 1. The molecule has 1 fully saturated rings. The fraction of sp³-hybridized carbons (Fsp3) is 0.471. The molecule has 1 amide bonds. The van der Waals surface area contributed by atoms with Crippen LogP contribution < -0.4 is 11.6 Å². The Kier molecular flexibility index (Phi) is 7.99. The maximum absolute atomic E-state index is 12.0. The quantitative estimate of drug-likeness (QED) is 0.532. The molecular weight excluding hydrogens is 377 g/mol. The van der Waals surface area contributed by atoms with Crippen molar-refractivity contribution in [1.29, 1.82) is 0 Å². The van der Waals surface area contributed by atoms with Gasteiger partial charge in [-0.15, -0.1) is 0 Å². The highest BCUT2D eigenvalue weighted by atomic mass is 35.5. The Morgan fingerprint density at radius 1 is 1.31 bits per heavy atom. The van der Waals surface area contributed by atoms with Gasteiger partial charge in [0, 0.05) is 33.1 Å². The van der Waals surface area contributed by atoms with E-state index in [0.29, 0.717) is 42.2 Å². The zero-order valence-electron chi connectivity index (χ0n) is 14.8. The lowest BCUT2D eigenvalue weighted by Crippen LogP contribution is -2.44. The first-order chi connectivity index (χ1) is 12.4. The van der Waals surface area contributed by atoms with Gasteiger partial charge in [0.2, 0.25) is 5.91 Å². The molecule has 1 aromatic carbocycles. The van der Waals surface area contributed by atoms with E-state index in [9.17, 15) is 4.79 Å². The topological polar surface area (TPSA) is 88.1 Å². The molecule has 0 atom stereocenters. The minimum absolute atomic E-state index is 0.130. The first-order valence-corrected chi connectivity index (χ1v) is 9.13. The Morgan fingerprint density at radius 3 is 2.62 bits per heavy atom. The number of nitrogens with two attached hydrogens (primary N) is 2. The van der Waals surface area contributed by atoms with Crippen LogP contribution >= 0.6 is 23.2 Å². The molecular formula is C17H25Cl2N5O2. The van der Waals surface area contributed by atoms with Crippen LogP contribution in [0.25, 0.3) is 0 Å². The van der Waals surface area contributed by atoms with Crippen molar-refractivity contribution in [3.05, 3.63) is 45.8 Å². The molecule has 0 aliphatic carbocycles. The largest absolute Gasteiger partial charge is 0.384 e. The lowest BCUT2D eigenvalue weighted by Gasteiger charge is -2.30. The zero-order valence-corrected chi connectivity index (χ0v) is 16.3. The van der Waals surface area contributed by atoms with E-state index >= 15 is 0 Å². The highest BCUT2D eigenvalue weighted by molar-refractivity contribution is 6.42. The van der Waals surface area contributed by atoms with Gasteiger partial charge in [-0.25, -0.2) is 5.84 Å². The van der Waals surface area contributed by atoms with Crippen molar-refractivity contribution in [1.82, 2.24) is 14.8 Å². The second kappa shape index (κ2) is 9.99. The third-order valence-electron chi connectivity index (χ3n) is 4.08. The molecule has 0 saturated carbocycles. The van der Waals surface area contributed by atoms with Crippen molar-refractivity contribution >= 4 is 29.1 Å². The van der Waals surface area contributed by atoms with Crippen molar-refractivity contribution < 1.29 is 9.53 Å². The lowest BCUT2D eigenvalue weighted by molar-refractivity contribution is -0.127. The molecule has 0 spiro atoms. The van der Waals surface area contributed by atoms with E-state index in [1.54, 1.807) is 18.3 Å². The van der Waals surface area contributed by atoms with Gasteiger partial charge in [0.05, 0.1) is 36.0 Å². The molecule has 1 aliphatic rings. The molecule has 1 saturated heterocycles. The summed E-state index contributed by atoms with van der Waals surface area (Å²) in [7, 11) is 0. The zero-order chi connectivity index (χ0) is 19.1. The van der Waals surface area contributed by atoms with Crippen LogP contribution in [0, 0.1) is 0 Å². The van der Waals surface area contributed by atoms with Crippen LogP contribution in [0.15, 0.2) is 30.2 Å². The predicted octanol–water partition coefficient (Wildman–Crippen LogP) is 1.61. The average Bonchev–Trinajstić information content (AvgIpc) is 2.59. The Morgan fingerprint density at radius 2 is 2.00 bits per heavy atom. The second-order valence-corrected chi connectivity index (χ2v) is 6.91. The van der Waals surface area contributed by atoms with Crippen LogP contribution in [0.1, 0.15) is 12.5 Å². The fourth-order valence-electron chi connectivity index (χ4n) is 2.67. The molecule has 0 unspecified atom stereocenters. The Bertz CT molecular complexity index is 650. The van der Waals surface area contributed by atoms with Gasteiger partial charge in [0.15, 0.2) is 0 Å². The number of hydrogen-bond donors (Lipinski definition) is 2. The predicted molar refractivity (Wildman–Crippen MR) is 103 cm³/mol. The van der Waals surface area contributed by atoms with Gasteiger partial charge in [0.1, 0.15) is 5.82 Å². The molecule has 2 rings (SSSR count). The standard InChI is InChI=1S/C17H25Cl2N5O2/c1-13(25)24(5-4-22-6-8-26-9-7-22)17(20)12-23(21)11-14-2-3-15(18)16(19)10-14/h2-3,10,12H,4-9,11,20-21H2,1H3/b17-12+. The van der Waals surface area contributed by atoms with Gasteiger partial charge in [-0.05, 0) is 17.7 Å². The van der Waals surface area contributed by atoms with E-state index in [0.717, 1.165) is 25.2 Å². The molecule has 4 N–H and O–H groups in total. The van der Waals surface area contributed by atoms with Gasteiger partial charge >= 0.3 is 0 Å². The summed E-state index contributed by atoms with van der Waals surface area (Å²) in [5, 5.41) is 2.37. The first kappa shape index (κ1) is 20.8. The minimum atomic E-state index is -0.130. The molecule has 1 aromatic rings. The SMILES string of the molecule is CC(=O)N(CCN1CCOCC1)/C(N)=C/N(N)Cc1ccc(Cl)c(Cl)c1. The molecule has 1 aliphatic heterocycles. The molecule has 0 radical (unpaired) electrons. The molecule has 26 heavy (non-hydrogen) atoms. The van der Waals surface area contributed by atoms with Crippen molar-refractivity contribution in [2.24, 2.45) is 11.6 Å². The van der Waals surface area contributed by atoms with Crippen molar-refractivity contribution in [3.8, 4) is 0 Å². The number of rotatable bonds is 7. The van der Waals surface area contributed by atoms with Crippen molar-refractivity contribution in [2.45, 2.75) is 13.5 Å². The van der Waals surface area contributed by atoms with Crippen LogP contribution in [-0.4, -0.2) is 60.1 Å². The molecule has 144 valence electrons. The van der Waals surface area contributed by atoms with E-state index < -0.39 is 0 Å². The molecule has 1 heterocycles. The Labute approximate surface area is 164 Å². The van der Waals surface area contributed by atoms with Gasteiger partial charge in [-0.1, -0.05) is 29.3 Å². The summed E-state index contributed by atoms with van der Waals surface area (Å²) in [5.74, 6) is 6.18. The maximum Gasteiger partial charge on any atom is 0.225 e. The third-order valence-corrected chi connectivity index (χ3v) is 4.82. The van der Waals surface area contributed by atoms with Gasteiger partial charge in [-0.2, -0.15) is 0 Å². The number of halogens is 2. The van der Waals surface area contributed by atoms with Gasteiger partial charge in [0.25, 0.3) is 0 Å². The average molecular weight is 402 g/mol. The fourth-order valence-corrected chi connectivity index (χ4v) is 2.99. The van der Waals surface area contributed by atoms with Crippen LogP contribution in [0.4, 0.5) is 0 Å². The number of carbonyl (C=O) groups excluding carboxylic acids is 1. The molecule has 7 nitrogen and oxygen atoms in total. The van der Waals surface area contributed by atoms with Crippen LogP contribution in [0.2, 0.25) is 10.0 Å². The van der Waals surface area contributed by atoms with Crippen LogP contribution in [0.3, 0.4) is 0 Å². The number of hydrazine groups is 1. The highest BCUT2D eigenvalue weighted by Crippen LogP contribution is 2.23. The summed E-state index contributed by atoms with van der Waals surface area (Å²) in [4.78, 5) is 15.7. The summed E-state index contributed by atoms with van der Waals surface area (Å²) in [6.45, 7) is 6.24. The maximum atomic E-state index is 12.0. The molecule has 0 aromatic heterocycles. The number of carbonyl (C=O) groups is 1. The summed E-state index contributed by atoms with van der Waals surface area (Å²) in [6.07, 6.45) is 1.54. The summed E-state index contributed by atoms with van der Waals surface area (Å²) < 4.78 is 5.33. The van der Waals surface area contributed by atoms with E-state index in [2.05, 4.69) is 4.90 Å². The number of nitrogens with zero attached hydrogens (tertiary/aromatic N) is 3. The Hall–Kier alpha value is -1.51. The highest BCUT2D eigenvalue weighted by Gasteiger charge is 2.16. The van der Waals surface area contributed by atoms with Crippen LogP contribution in [0.5, 0.6) is 0 Å².